The molecule has 6 nitrogen and oxygen atoms in total. The standard InChI is InChI=1S/C25H20N4O2S/c1-17-5-10-23-27-21(15-29(23)14-17)16-31-22-4-2-3-19(13-22)24(30)28-20-8-6-18(7-9-20)25-26-11-12-32-25/h2-15H,16H2,1H3,(H,28,30). The summed E-state index contributed by atoms with van der Waals surface area (Å²) in [5.74, 6) is 0.422. The number of nitrogens with one attached hydrogen (secondary N) is 1. The molecule has 1 N–H and O–H groups in total. The van der Waals surface area contributed by atoms with Gasteiger partial charge in [0.25, 0.3) is 5.91 Å². The SMILES string of the molecule is Cc1ccc2nc(COc3cccc(C(=O)Nc4ccc(-c5nccs5)cc4)c3)cn2c1. The Balaban J connectivity index is 1.24. The van der Waals surface area contributed by atoms with E-state index in [0.29, 0.717) is 17.9 Å². The van der Waals surface area contributed by atoms with Crippen molar-refractivity contribution in [3.63, 3.8) is 0 Å². The predicted molar refractivity (Wildman–Crippen MR) is 126 cm³/mol. The number of anilines is 1. The van der Waals surface area contributed by atoms with Crippen LogP contribution in [-0.4, -0.2) is 20.3 Å². The Morgan fingerprint density at radius 3 is 2.78 bits per heavy atom. The van der Waals surface area contributed by atoms with Crippen LogP contribution in [0.4, 0.5) is 5.69 Å². The number of pyridine rings is 1. The third-order valence-electron chi connectivity index (χ3n) is 4.95. The van der Waals surface area contributed by atoms with Crippen molar-refractivity contribution in [3.05, 3.63) is 101 Å². The van der Waals surface area contributed by atoms with Crippen molar-refractivity contribution in [2.75, 3.05) is 5.32 Å². The van der Waals surface area contributed by atoms with E-state index < -0.39 is 0 Å². The summed E-state index contributed by atoms with van der Waals surface area (Å²) in [5.41, 5.74) is 5.14. The molecule has 3 heterocycles. The van der Waals surface area contributed by atoms with Gasteiger partial charge in [0, 0.05) is 40.8 Å². The Labute approximate surface area is 189 Å². The molecule has 0 unspecified atom stereocenters. The van der Waals surface area contributed by atoms with Gasteiger partial charge in [-0.3, -0.25) is 4.79 Å². The first-order chi connectivity index (χ1) is 15.6. The van der Waals surface area contributed by atoms with Crippen molar-refractivity contribution in [3.8, 4) is 16.3 Å². The molecule has 0 spiro atoms. The predicted octanol–water partition coefficient (Wildman–Crippen LogP) is 5.60. The van der Waals surface area contributed by atoms with E-state index in [-0.39, 0.29) is 5.91 Å². The smallest absolute Gasteiger partial charge is 0.255 e. The van der Waals surface area contributed by atoms with Crippen LogP contribution in [0.15, 0.2) is 84.6 Å². The van der Waals surface area contributed by atoms with E-state index in [0.717, 1.165) is 27.6 Å². The number of carbonyl (C=O) groups excluding carboxylic acids is 1. The van der Waals surface area contributed by atoms with Crippen LogP contribution >= 0.6 is 11.3 Å². The Morgan fingerprint density at radius 2 is 1.97 bits per heavy atom. The van der Waals surface area contributed by atoms with Crippen LogP contribution in [0.2, 0.25) is 0 Å². The van der Waals surface area contributed by atoms with Crippen molar-refractivity contribution in [2.24, 2.45) is 0 Å². The second-order valence-electron chi connectivity index (χ2n) is 7.39. The summed E-state index contributed by atoms with van der Waals surface area (Å²) < 4.78 is 7.87. The average molecular weight is 441 g/mol. The number of imidazole rings is 1. The molecule has 0 aliphatic carbocycles. The number of rotatable bonds is 6. The molecule has 3 aromatic heterocycles. The number of hydrogen-bond donors (Lipinski definition) is 1. The number of aryl methyl sites for hydroxylation is 1. The van der Waals surface area contributed by atoms with Gasteiger partial charge in [0.05, 0.1) is 5.69 Å². The summed E-state index contributed by atoms with van der Waals surface area (Å²) in [6.45, 7) is 2.37. The summed E-state index contributed by atoms with van der Waals surface area (Å²) in [7, 11) is 0. The topological polar surface area (TPSA) is 68.5 Å². The Kier molecular flexibility index (Phi) is 5.39. The van der Waals surface area contributed by atoms with Gasteiger partial charge in [-0.15, -0.1) is 11.3 Å². The van der Waals surface area contributed by atoms with Crippen LogP contribution in [0.3, 0.4) is 0 Å². The number of aromatic nitrogens is 3. The monoisotopic (exact) mass is 440 g/mol. The molecule has 2 aromatic carbocycles. The molecule has 0 aliphatic heterocycles. The maximum absolute atomic E-state index is 12.7. The molecule has 0 atom stereocenters. The van der Waals surface area contributed by atoms with Gasteiger partial charge >= 0.3 is 0 Å². The Bertz CT molecular complexity index is 1380. The number of hydrogen-bond acceptors (Lipinski definition) is 5. The second-order valence-corrected chi connectivity index (χ2v) is 8.28. The number of amides is 1. The van der Waals surface area contributed by atoms with Crippen LogP contribution in [0.5, 0.6) is 5.75 Å². The lowest BCUT2D eigenvalue weighted by Crippen LogP contribution is -2.12. The minimum absolute atomic E-state index is 0.194. The highest BCUT2D eigenvalue weighted by Gasteiger charge is 2.09. The lowest BCUT2D eigenvalue weighted by Gasteiger charge is -2.08. The van der Waals surface area contributed by atoms with E-state index in [2.05, 4.69) is 15.3 Å². The summed E-state index contributed by atoms with van der Waals surface area (Å²) in [4.78, 5) is 21.6. The van der Waals surface area contributed by atoms with Gasteiger partial charge < -0.3 is 14.5 Å². The first kappa shape index (κ1) is 20.0. The van der Waals surface area contributed by atoms with Gasteiger partial charge in [-0.1, -0.05) is 12.1 Å². The zero-order chi connectivity index (χ0) is 21.9. The fourth-order valence-electron chi connectivity index (χ4n) is 3.37. The van der Waals surface area contributed by atoms with Crippen molar-refractivity contribution in [1.82, 2.24) is 14.4 Å². The number of nitrogens with zero attached hydrogens (tertiary/aromatic N) is 3. The number of fused-ring (bicyclic) bond motifs is 1. The van der Waals surface area contributed by atoms with E-state index in [1.54, 1.807) is 29.7 Å². The molecule has 1 amide bonds. The fourth-order valence-corrected chi connectivity index (χ4v) is 4.02. The highest BCUT2D eigenvalue weighted by molar-refractivity contribution is 7.13. The Hall–Kier alpha value is -3.97. The third kappa shape index (κ3) is 4.38. The molecule has 5 rings (SSSR count). The van der Waals surface area contributed by atoms with Gasteiger partial charge in [-0.2, -0.15) is 0 Å². The Morgan fingerprint density at radius 1 is 1.09 bits per heavy atom. The first-order valence-corrected chi connectivity index (χ1v) is 11.0. The minimum atomic E-state index is -0.194. The lowest BCUT2D eigenvalue weighted by atomic mass is 10.1. The summed E-state index contributed by atoms with van der Waals surface area (Å²) in [6, 6.07) is 18.8. The normalized spacial score (nSPS) is 10.9. The van der Waals surface area contributed by atoms with Gasteiger partial charge in [0.1, 0.15) is 23.0 Å². The molecule has 0 radical (unpaired) electrons. The molecule has 32 heavy (non-hydrogen) atoms. The van der Waals surface area contributed by atoms with Crippen molar-refractivity contribution >= 4 is 28.6 Å². The number of ether oxygens (including phenoxy) is 1. The molecule has 7 heteroatoms. The molecule has 0 saturated heterocycles. The average Bonchev–Trinajstić information content (AvgIpc) is 3.48. The highest BCUT2D eigenvalue weighted by Crippen LogP contribution is 2.24. The number of benzene rings is 2. The van der Waals surface area contributed by atoms with Gasteiger partial charge in [0.15, 0.2) is 0 Å². The van der Waals surface area contributed by atoms with Gasteiger partial charge in [0.2, 0.25) is 0 Å². The van der Waals surface area contributed by atoms with Crippen LogP contribution in [0.1, 0.15) is 21.6 Å². The minimum Gasteiger partial charge on any atom is -0.487 e. The molecular formula is C25H20N4O2S. The molecule has 158 valence electrons. The third-order valence-corrected chi connectivity index (χ3v) is 5.78. The molecule has 0 bridgehead atoms. The van der Waals surface area contributed by atoms with Crippen molar-refractivity contribution in [2.45, 2.75) is 13.5 Å². The van der Waals surface area contributed by atoms with Crippen LogP contribution in [-0.2, 0) is 6.61 Å². The van der Waals surface area contributed by atoms with E-state index in [1.165, 1.54) is 5.56 Å². The fraction of sp³-hybridized carbons (Fsp3) is 0.0800. The molecule has 0 saturated carbocycles. The molecular weight excluding hydrogens is 420 g/mol. The summed E-state index contributed by atoms with van der Waals surface area (Å²) in [6.07, 6.45) is 5.76. The maximum Gasteiger partial charge on any atom is 0.255 e. The van der Waals surface area contributed by atoms with E-state index in [4.69, 9.17) is 4.74 Å². The number of carbonyl (C=O) groups is 1. The summed E-state index contributed by atoms with van der Waals surface area (Å²) in [5, 5.41) is 5.82. The molecule has 5 aromatic rings. The number of thiazole rings is 1. The second kappa shape index (κ2) is 8.64. The van der Waals surface area contributed by atoms with E-state index in [9.17, 15) is 4.79 Å². The highest BCUT2D eigenvalue weighted by atomic mass is 32.1. The molecule has 0 aliphatic rings. The van der Waals surface area contributed by atoms with Crippen molar-refractivity contribution < 1.29 is 9.53 Å². The lowest BCUT2D eigenvalue weighted by molar-refractivity contribution is 0.102. The zero-order valence-corrected chi connectivity index (χ0v) is 18.2. The van der Waals surface area contributed by atoms with Crippen molar-refractivity contribution in [1.29, 1.82) is 0 Å². The summed E-state index contributed by atoms with van der Waals surface area (Å²) >= 11 is 1.58. The maximum atomic E-state index is 12.7. The van der Waals surface area contributed by atoms with E-state index in [1.807, 2.05) is 77.6 Å². The first-order valence-electron chi connectivity index (χ1n) is 10.1. The quantitative estimate of drug-likeness (QED) is 0.373. The van der Waals surface area contributed by atoms with Crippen LogP contribution in [0.25, 0.3) is 16.2 Å². The van der Waals surface area contributed by atoms with Gasteiger partial charge in [-0.25, -0.2) is 9.97 Å². The largest absolute Gasteiger partial charge is 0.487 e. The van der Waals surface area contributed by atoms with E-state index >= 15 is 0 Å². The van der Waals surface area contributed by atoms with Gasteiger partial charge in [-0.05, 0) is 61.0 Å². The zero-order valence-electron chi connectivity index (χ0n) is 17.4. The van der Waals surface area contributed by atoms with Crippen LogP contribution < -0.4 is 10.1 Å². The molecule has 0 fully saturated rings. The van der Waals surface area contributed by atoms with Crippen LogP contribution in [0, 0.1) is 6.92 Å².